The summed E-state index contributed by atoms with van der Waals surface area (Å²) in [6, 6.07) is 16.7. The van der Waals surface area contributed by atoms with Crippen LogP contribution in [0.1, 0.15) is 11.1 Å². The third-order valence-electron chi connectivity index (χ3n) is 4.44. The molecule has 0 atom stereocenters. The van der Waals surface area contributed by atoms with Crippen LogP contribution in [-0.2, 0) is 10.2 Å². The largest absolute Gasteiger partial charge is 0.497 e. The standard InChI is InChI=1S/C18H17NO2/c1-20-14-8-6-13(7-9-14)18(11-21-12-18)16-10-19-17-5-3-2-4-15(16)17/h2-10,19H,11-12H2,1H3. The molecule has 0 amide bonds. The Morgan fingerprint density at radius 2 is 1.81 bits per heavy atom. The topological polar surface area (TPSA) is 34.2 Å². The van der Waals surface area contributed by atoms with E-state index in [1.165, 1.54) is 22.0 Å². The van der Waals surface area contributed by atoms with Crippen LogP contribution >= 0.6 is 0 Å². The monoisotopic (exact) mass is 279 g/mol. The minimum absolute atomic E-state index is 0.0497. The number of H-pyrrole nitrogens is 1. The van der Waals surface area contributed by atoms with E-state index in [0.717, 1.165) is 19.0 Å². The first-order valence-electron chi connectivity index (χ1n) is 7.12. The quantitative estimate of drug-likeness (QED) is 0.796. The lowest BCUT2D eigenvalue weighted by atomic mass is 9.73. The van der Waals surface area contributed by atoms with Gasteiger partial charge in [-0.3, -0.25) is 0 Å². The van der Waals surface area contributed by atoms with Crippen molar-refractivity contribution in [2.24, 2.45) is 0 Å². The van der Waals surface area contributed by atoms with Crippen molar-refractivity contribution in [2.45, 2.75) is 5.41 Å². The summed E-state index contributed by atoms with van der Waals surface area (Å²) in [5, 5.41) is 1.27. The zero-order chi connectivity index (χ0) is 14.3. The number of para-hydroxylation sites is 1. The van der Waals surface area contributed by atoms with Crippen LogP contribution in [0, 0.1) is 0 Å². The average Bonchev–Trinajstić information content (AvgIpc) is 2.92. The van der Waals surface area contributed by atoms with Crippen LogP contribution < -0.4 is 4.74 Å². The molecule has 1 aromatic heterocycles. The van der Waals surface area contributed by atoms with Crippen LogP contribution in [0.3, 0.4) is 0 Å². The minimum Gasteiger partial charge on any atom is -0.497 e. The highest BCUT2D eigenvalue weighted by Crippen LogP contribution is 2.42. The molecule has 1 saturated heterocycles. The fraction of sp³-hybridized carbons (Fsp3) is 0.222. The van der Waals surface area contributed by atoms with E-state index in [4.69, 9.17) is 9.47 Å². The van der Waals surface area contributed by atoms with Gasteiger partial charge in [0.25, 0.3) is 0 Å². The summed E-state index contributed by atoms with van der Waals surface area (Å²) in [6.07, 6.45) is 2.12. The normalized spacial score (nSPS) is 16.6. The number of ether oxygens (including phenoxy) is 2. The van der Waals surface area contributed by atoms with Crippen LogP contribution in [0.5, 0.6) is 5.75 Å². The molecule has 0 radical (unpaired) electrons. The maximum atomic E-state index is 5.58. The second kappa shape index (κ2) is 4.64. The minimum atomic E-state index is -0.0497. The van der Waals surface area contributed by atoms with Crippen LogP contribution in [0.2, 0.25) is 0 Å². The van der Waals surface area contributed by atoms with Gasteiger partial charge in [-0.2, -0.15) is 0 Å². The zero-order valence-electron chi connectivity index (χ0n) is 11.9. The van der Waals surface area contributed by atoms with Crippen molar-refractivity contribution in [2.75, 3.05) is 20.3 Å². The smallest absolute Gasteiger partial charge is 0.118 e. The van der Waals surface area contributed by atoms with E-state index in [1.807, 2.05) is 12.1 Å². The Balaban J connectivity index is 1.86. The maximum absolute atomic E-state index is 5.58. The predicted octanol–water partition coefficient (Wildman–Crippen LogP) is 3.49. The number of aromatic nitrogens is 1. The molecular weight excluding hydrogens is 262 g/mol. The second-order valence-corrected chi connectivity index (χ2v) is 5.55. The molecule has 3 heteroatoms. The molecule has 0 aliphatic carbocycles. The first kappa shape index (κ1) is 12.5. The van der Waals surface area contributed by atoms with Crippen molar-refractivity contribution in [3.05, 3.63) is 65.9 Å². The highest BCUT2D eigenvalue weighted by Gasteiger charge is 2.43. The third-order valence-corrected chi connectivity index (χ3v) is 4.44. The van der Waals surface area contributed by atoms with Crippen molar-refractivity contribution in [1.29, 1.82) is 0 Å². The molecule has 2 aromatic carbocycles. The Bertz CT molecular complexity index is 769. The number of hydrogen-bond donors (Lipinski definition) is 1. The van der Waals surface area contributed by atoms with Gasteiger partial charge in [-0.1, -0.05) is 30.3 Å². The van der Waals surface area contributed by atoms with E-state index < -0.39 is 0 Å². The van der Waals surface area contributed by atoms with Crippen LogP contribution in [0.25, 0.3) is 10.9 Å². The number of methoxy groups -OCH3 is 1. The Hall–Kier alpha value is -2.26. The lowest BCUT2D eigenvalue weighted by Gasteiger charge is -2.42. The summed E-state index contributed by atoms with van der Waals surface area (Å²) in [5.41, 5.74) is 3.72. The van der Waals surface area contributed by atoms with Crippen molar-refractivity contribution in [1.82, 2.24) is 4.98 Å². The molecule has 4 rings (SSSR count). The van der Waals surface area contributed by atoms with Gasteiger partial charge in [0.15, 0.2) is 0 Å². The SMILES string of the molecule is COc1ccc(C2(c3c[nH]c4ccccc34)COC2)cc1. The number of rotatable bonds is 3. The number of fused-ring (bicyclic) bond motifs is 1. The Morgan fingerprint density at radius 1 is 1.05 bits per heavy atom. The molecule has 1 aliphatic rings. The zero-order valence-corrected chi connectivity index (χ0v) is 11.9. The fourth-order valence-corrected chi connectivity index (χ4v) is 3.16. The first-order valence-corrected chi connectivity index (χ1v) is 7.12. The summed E-state index contributed by atoms with van der Waals surface area (Å²) in [4.78, 5) is 3.37. The molecule has 3 nitrogen and oxygen atoms in total. The fourth-order valence-electron chi connectivity index (χ4n) is 3.16. The molecule has 1 fully saturated rings. The van der Waals surface area contributed by atoms with E-state index in [0.29, 0.717) is 0 Å². The van der Waals surface area contributed by atoms with Gasteiger partial charge in [0.05, 0.1) is 25.7 Å². The number of hydrogen-bond acceptors (Lipinski definition) is 2. The van der Waals surface area contributed by atoms with Crippen LogP contribution in [0.15, 0.2) is 54.7 Å². The third kappa shape index (κ3) is 1.78. The van der Waals surface area contributed by atoms with E-state index in [2.05, 4.69) is 47.6 Å². The van der Waals surface area contributed by atoms with Gasteiger partial charge in [0.1, 0.15) is 5.75 Å². The highest BCUT2D eigenvalue weighted by molar-refractivity contribution is 5.85. The number of benzene rings is 2. The molecule has 0 bridgehead atoms. The molecule has 0 spiro atoms. The second-order valence-electron chi connectivity index (χ2n) is 5.55. The summed E-state index contributed by atoms with van der Waals surface area (Å²) >= 11 is 0. The predicted molar refractivity (Wildman–Crippen MR) is 82.9 cm³/mol. The van der Waals surface area contributed by atoms with Crippen molar-refractivity contribution in [3.8, 4) is 5.75 Å². The van der Waals surface area contributed by atoms with Gasteiger partial charge < -0.3 is 14.5 Å². The molecule has 2 heterocycles. The Labute approximate surface area is 123 Å². The lowest BCUT2D eigenvalue weighted by Crippen LogP contribution is -2.47. The van der Waals surface area contributed by atoms with Gasteiger partial charge in [0.2, 0.25) is 0 Å². The van der Waals surface area contributed by atoms with Crippen LogP contribution in [0.4, 0.5) is 0 Å². The molecule has 1 N–H and O–H groups in total. The van der Waals surface area contributed by atoms with Crippen molar-refractivity contribution >= 4 is 10.9 Å². The summed E-state index contributed by atoms with van der Waals surface area (Å²) in [6.45, 7) is 1.45. The Kier molecular flexibility index (Phi) is 2.76. The Morgan fingerprint density at radius 3 is 2.48 bits per heavy atom. The summed E-state index contributed by atoms with van der Waals surface area (Å²) in [5.74, 6) is 0.882. The first-order chi connectivity index (χ1) is 10.3. The molecule has 106 valence electrons. The average molecular weight is 279 g/mol. The molecule has 0 saturated carbocycles. The van der Waals surface area contributed by atoms with Crippen LogP contribution in [-0.4, -0.2) is 25.3 Å². The molecule has 3 aromatic rings. The molecule has 0 unspecified atom stereocenters. The van der Waals surface area contributed by atoms with E-state index in [9.17, 15) is 0 Å². The number of nitrogens with one attached hydrogen (secondary N) is 1. The van der Waals surface area contributed by atoms with Crippen molar-refractivity contribution < 1.29 is 9.47 Å². The van der Waals surface area contributed by atoms with E-state index >= 15 is 0 Å². The summed E-state index contributed by atoms with van der Waals surface area (Å²) < 4.78 is 10.8. The van der Waals surface area contributed by atoms with Gasteiger partial charge in [-0.25, -0.2) is 0 Å². The van der Waals surface area contributed by atoms with Gasteiger partial charge in [-0.05, 0) is 29.3 Å². The summed E-state index contributed by atoms with van der Waals surface area (Å²) in [7, 11) is 1.69. The number of aromatic amines is 1. The van der Waals surface area contributed by atoms with E-state index in [-0.39, 0.29) is 5.41 Å². The van der Waals surface area contributed by atoms with Gasteiger partial charge >= 0.3 is 0 Å². The molecule has 21 heavy (non-hydrogen) atoms. The maximum Gasteiger partial charge on any atom is 0.118 e. The molecular formula is C18H17NO2. The van der Waals surface area contributed by atoms with Gasteiger partial charge in [0, 0.05) is 17.1 Å². The lowest BCUT2D eigenvalue weighted by molar-refractivity contribution is -0.0373. The van der Waals surface area contributed by atoms with Gasteiger partial charge in [-0.15, -0.1) is 0 Å². The van der Waals surface area contributed by atoms with E-state index in [1.54, 1.807) is 7.11 Å². The highest BCUT2D eigenvalue weighted by atomic mass is 16.5. The molecule has 1 aliphatic heterocycles. The van der Waals surface area contributed by atoms with Crippen molar-refractivity contribution in [3.63, 3.8) is 0 Å².